The maximum atomic E-state index is 5.84. The zero-order valence-corrected chi connectivity index (χ0v) is 7.67. The van der Waals surface area contributed by atoms with Crippen LogP contribution >= 0.6 is 0 Å². The first kappa shape index (κ1) is 9.75. The Labute approximate surface area is 74.8 Å². The molecule has 12 heavy (non-hydrogen) atoms. The minimum Gasteiger partial charge on any atom is -0.378 e. The third-order valence-electron chi connectivity index (χ3n) is 2.35. The maximum Gasteiger partial charge on any atom is 0.0576 e. The third kappa shape index (κ3) is 3.37. The van der Waals surface area contributed by atoms with E-state index in [1.807, 2.05) is 6.08 Å². The molecule has 2 heteroatoms. The van der Waals surface area contributed by atoms with E-state index in [0.29, 0.717) is 6.10 Å². The van der Waals surface area contributed by atoms with Crippen molar-refractivity contribution >= 4 is 0 Å². The molecule has 0 aliphatic carbocycles. The van der Waals surface area contributed by atoms with Crippen LogP contribution in [0.3, 0.4) is 0 Å². The summed E-state index contributed by atoms with van der Waals surface area (Å²) in [5.74, 6) is 0. The van der Waals surface area contributed by atoms with Gasteiger partial charge in [-0.25, -0.2) is 0 Å². The predicted molar refractivity (Wildman–Crippen MR) is 51.0 cm³/mol. The van der Waals surface area contributed by atoms with Gasteiger partial charge in [0, 0.05) is 12.6 Å². The Morgan fingerprint density at radius 1 is 1.67 bits per heavy atom. The van der Waals surface area contributed by atoms with Crippen LogP contribution in [0.1, 0.15) is 32.1 Å². The molecule has 2 nitrogen and oxygen atoms in total. The van der Waals surface area contributed by atoms with Crippen LogP contribution in [0.4, 0.5) is 0 Å². The number of ether oxygens (including phenoxy) is 1. The molecule has 1 rings (SSSR count). The second-order valence-corrected chi connectivity index (χ2v) is 3.50. The highest BCUT2D eigenvalue weighted by Crippen LogP contribution is 2.17. The Balaban J connectivity index is 2.03. The van der Waals surface area contributed by atoms with Crippen molar-refractivity contribution in [2.24, 2.45) is 5.73 Å². The van der Waals surface area contributed by atoms with Gasteiger partial charge in [-0.1, -0.05) is 6.08 Å². The standard InChI is InChI=1S/C10H19NO/c1-2-4-9(11)6-7-10-5-3-8-12-10/h2,9-10H,1,3-8,11H2. The highest BCUT2D eigenvalue weighted by atomic mass is 16.5. The molecule has 1 heterocycles. The average Bonchev–Trinajstić information content (AvgIpc) is 2.53. The van der Waals surface area contributed by atoms with Gasteiger partial charge in [0.05, 0.1) is 6.10 Å². The minimum absolute atomic E-state index is 0.284. The summed E-state index contributed by atoms with van der Waals surface area (Å²) in [7, 11) is 0. The molecule has 0 amide bonds. The molecule has 2 unspecified atom stereocenters. The molecular formula is C10H19NO. The lowest BCUT2D eigenvalue weighted by Crippen LogP contribution is -2.21. The summed E-state index contributed by atoms with van der Waals surface area (Å²) >= 11 is 0. The van der Waals surface area contributed by atoms with Crippen LogP contribution in [0.5, 0.6) is 0 Å². The van der Waals surface area contributed by atoms with Crippen LogP contribution in [0.25, 0.3) is 0 Å². The van der Waals surface area contributed by atoms with Crippen molar-refractivity contribution in [3.05, 3.63) is 12.7 Å². The number of hydrogen-bond acceptors (Lipinski definition) is 2. The van der Waals surface area contributed by atoms with E-state index in [1.165, 1.54) is 12.8 Å². The van der Waals surface area contributed by atoms with Crippen LogP contribution in [-0.4, -0.2) is 18.8 Å². The molecule has 0 spiro atoms. The lowest BCUT2D eigenvalue weighted by atomic mass is 10.0. The van der Waals surface area contributed by atoms with Crippen LogP contribution in [-0.2, 0) is 4.74 Å². The predicted octanol–water partition coefficient (Wildman–Crippen LogP) is 1.85. The van der Waals surface area contributed by atoms with Gasteiger partial charge in [-0.2, -0.15) is 0 Å². The minimum atomic E-state index is 0.284. The van der Waals surface area contributed by atoms with Gasteiger partial charge in [-0.15, -0.1) is 6.58 Å². The fourth-order valence-electron chi connectivity index (χ4n) is 1.60. The summed E-state index contributed by atoms with van der Waals surface area (Å²) in [6.07, 6.45) is 7.93. The molecule has 0 radical (unpaired) electrons. The number of rotatable bonds is 5. The highest BCUT2D eigenvalue weighted by molar-refractivity contribution is 4.77. The quantitative estimate of drug-likeness (QED) is 0.637. The Kier molecular flexibility index (Phi) is 4.33. The van der Waals surface area contributed by atoms with Gasteiger partial charge in [0.2, 0.25) is 0 Å². The van der Waals surface area contributed by atoms with Crippen molar-refractivity contribution in [1.29, 1.82) is 0 Å². The Morgan fingerprint density at radius 3 is 3.08 bits per heavy atom. The van der Waals surface area contributed by atoms with Crippen molar-refractivity contribution in [2.75, 3.05) is 6.61 Å². The van der Waals surface area contributed by atoms with Crippen LogP contribution < -0.4 is 5.73 Å². The maximum absolute atomic E-state index is 5.84. The van der Waals surface area contributed by atoms with E-state index in [0.717, 1.165) is 25.9 Å². The average molecular weight is 169 g/mol. The Bertz CT molecular complexity index is 130. The summed E-state index contributed by atoms with van der Waals surface area (Å²) in [5.41, 5.74) is 5.84. The van der Waals surface area contributed by atoms with Crippen LogP contribution in [0.15, 0.2) is 12.7 Å². The molecule has 0 saturated carbocycles. The molecule has 1 aliphatic rings. The fourth-order valence-corrected chi connectivity index (χ4v) is 1.60. The first-order chi connectivity index (χ1) is 5.83. The molecule has 1 aliphatic heterocycles. The largest absolute Gasteiger partial charge is 0.378 e. The number of nitrogens with two attached hydrogens (primary N) is 1. The van der Waals surface area contributed by atoms with Crippen molar-refractivity contribution in [3.63, 3.8) is 0 Å². The van der Waals surface area contributed by atoms with Crippen LogP contribution in [0.2, 0.25) is 0 Å². The van der Waals surface area contributed by atoms with Gasteiger partial charge < -0.3 is 10.5 Å². The van der Waals surface area contributed by atoms with Gasteiger partial charge in [0.1, 0.15) is 0 Å². The second-order valence-electron chi connectivity index (χ2n) is 3.50. The summed E-state index contributed by atoms with van der Waals surface area (Å²) in [5, 5.41) is 0. The molecule has 0 bridgehead atoms. The zero-order valence-electron chi connectivity index (χ0n) is 7.67. The van der Waals surface area contributed by atoms with E-state index in [2.05, 4.69) is 6.58 Å². The van der Waals surface area contributed by atoms with Gasteiger partial charge in [-0.3, -0.25) is 0 Å². The van der Waals surface area contributed by atoms with Crippen molar-refractivity contribution in [3.8, 4) is 0 Å². The fraction of sp³-hybridized carbons (Fsp3) is 0.800. The van der Waals surface area contributed by atoms with Crippen molar-refractivity contribution in [2.45, 2.75) is 44.2 Å². The SMILES string of the molecule is C=CCC(N)CCC1CCCO1. The monoisotopic (exact) mass is 169 g/mol. The van der Waals surface area contributed by atoms with E-state index in [-0.39, 0.29) is 6.04 Å². The Morgan fingerprint density at radius 2 is 2.50 bits per heavy atom. The number of hydrogen-bond donors (Lipinski definition) is 1. The van der Waals surface area contributed by atoms with E-state index in [4.69, 9.17) is 10.5 Å². The highest BCUT2D eigenvalue weighted by Gasteiger charge is 2.15. The van der Waals surface area contributed by atoms with Gasteiger partial charge >= 0.3 is 0 Å². The smallest absolute Gasteiger partial charge is 0.0576 e. The zero-order chi connectivity index (χ0) is 8.81. The summed E-state index contributed by atoms with van der Waals surface area (Å²) in [6, 6.07) is 0.284. The van der Waals surface area contributed by atoms with Crippen molar-refractivity contribution in [1.82, 2.24) is 0 Å². The molecule has 2 N–H and O–H groups in total. The molecule has 1 fully saturated rings. The molecule has 0 aromatic carbocycles. The third-order valence-corrected chi connectivity index (χ3v) is 2.35. The topological polar surface area (TPSA) is 35.2 Å². The lowest BCUT2D eigenvalue weighted by Gasteiger charge is -2.12. The second kappa shape index (κ2) is 5.33. The molecule has 0 aromatic rings. The molecule has 2 atom stereocenters. The van der Waals surface area contributed by atoms with E-state index in [1.54, 1.807) is 0 Å². The Hall–Kier alpha value is -0.340. The lowest BCUT2D eigenvalue weighted by molar-refractivity contribution is 0.101. The van der Waals surface area contributed by atoms with Crippen molar-refractivity contribution < 1.29 is 4.74 Å². The van der Waals surface area contributed by atoms with Crippen LogP contribution in [0, 0.1) is 0 Å². The van der Waals surface area contributed by atoms with Gasteiger partial charge in [0.25, 0.3) is 0 Å². The first-order valence-electron chi connectivity index (χ1n) is 4.81. The molecule has 70 valence electrons. The molecular weight excluding hydrogens is 150 g/mol. The van der Waals surface area contributed by atoms with E-state index >= 15 is 0 Å². The van der Waals surface area contributed by atoms with E-state index in [9.17, 15) is 0 Å². The molecule has 1 saturated heterocycles. The summed E-state index contributed by atoms with van der Waals surface area (Å²) in [6.45, 7) is 4.61. The normalized spacial score (nSPS) is 25.6. The summed E-state index contributed by atoms with van der Waals surface area (Å²) in [4.78, 5) is 0. The summed E-state index contributed by atoms with van der Waals surface area (Å²) < 4.78 is 5.50. The van der Waals surface area contributed by atoms with E-state index < -0.39 is 0 Å². The van der Waals surface area contributed by atoms with Gasteiger partial charge in [0.15, 0.2) is 0 Å². The van der Waals surface area contributed by atoms with Gasteiger partial charge in [-0.05, 0) is 32.1 Å². The molecule has 0 aromatic heterocycles. The first-order valence-corrected chi connectivity index (χ1v) is 4.81.